The molecule has 1 aliphatic rings. The van der Waals surface area contributed by atoms with Crippen LogP contribution in [0.25, 0.3) is 0 Å². The standard InChI is InChI=1S/C20H25N7/c1-15-10-19(23-20(21)22-15)26-9-5-8-17(12-26)13-27-14-18(24-25-27)11-16-6-3-2-4-7-16/h2-4,6-7,10,14,17H,5,8-9,11-13H2,1H3,(H2,21,22,23)/t17-/m0/s1. The van der Waals surface area contributed by atoms with Crippen molar-refractivity contribution >= 4 is 11.8 Å². The van der Waals surface area contributed by atoms with E-state index in [0.717, 1.165) is 49.7 Å². The van der Waals surface area contributed by atoms with Crippen molar-refractivity contribution in [2.75, 3.05) is 23.7 Å². The van der Waals surface area contributed by atoms with Gasteiger partial charge in [-0.25, -0.2) is 4.98 Å². The summed E-state index contributed by atoms with van der Waals surface area (Å²) in [6.07, 6.45) is 5.21. The Hall–Kier alpha value is -2.96. The average Bonchev–Trinajstić information content (AvgIpc) is 3.09. The Bertz CT molecular complexity index is 870. The van der Waals surface area contributed by atoms with Crippen LogP contribution in [0.15, 0.2) is 42.6 Å². The highest BCUT2D eigenvalue weighted by Crippen LogP contribution is 2.23. The van der Waals surface area contributed by atoms with Crippen molar-refractivity contribution in [1.82, 2.24) is 25.0 Å². The zero-order valence-electron chi connectivity index (χ0n) is 15.6. The number of aromatic nitrogens is 5. The van der Waals surface area contributed by atoms with Crippen LogP contribution in [0.1, 0.15) is 29.8 Å². The molecular weight excluding hydrogens is 338 g/mol. The minimum atomic E-state index is 0.342. The number of anilines is 2. The number of aryl methyl sites for hydroxylation is 1. The first-order chi connectivity index (χ1) is 13.2. The van der Waals surface area contributed by atoms with Crippen LogP contribution in [0.5, 0.6) is 0 Å². The van der Waals surface area contributed by atoms with Crippen molar-refractivity contribution in [2.45, 2.75) is 32.7 Å². The molecule has 2 N–H and O–H groups in total. The molecule has 140 valence electrons. The minimum absolute atomic E-state index is 0.342. The van der Waals surface area contributed by atoms with Crippen LogP contribution in [0.2, 0.25) is 0 Å². The second-order valence-corrected chi connectivity index (χ2v) is 7.27. The number of rotatable bonds is 5. The third kappa shape index (κ3) is 4.42. The van der Waals surface area contributed by atoms with Gasteiger partial charge >= 0.3 is 0 Å². The number of nitrogens with zero attached hydrogens (tertiary/aromatic N) is 6. The fourth-order valence-corrected chi connectivity index (χ4v) is 3.74. The molecule has 0 bridgehead atoms. The first-order valence-electron chi connectivity index (χ1n) is 9.45. The molecule has 2 aromatic heterocycles. The SMILES string of the molecule is Cc1cc(N2CCC[C@H](Cn3cc(Cc4ccccc4)nn3)C2)nc(N)n1. The van der Waals surface area contributed by atoms with Gasteiger partial charge in [0.15, 0.2) is 0 Å². The molecule has 1 atom stereocenters. The van der Waals surface area contributed by atoms with E-state index in [4.69, 9.17) is 5.73 Å². The van der Waals surface area contributed by atoms with Crippen molar-refractivity contribution in [2.24, 2.45) is 5.92 Å². The van der Waals surface area contributed by atoms with Crippen LogP contribution in [0, 0.1) is 12.8 Å². The second kappa shape index (κ2) is 7.73. The lowest BCUT2D eigenvalue weighted by Gasteiger charge is -2.33. The summed E-state index contributed by atoms with van der Waals surface area (Å²) in [7, 11) is 0. The summed E-state index contributed by atoms with van der Waals surface area (Å²) < 4.78 is 1.98. The van der Waals surface area contributed by atoms with E-state index in [-0.39, 0.29) is 0 Å². The molecule has 1 aromatic carbocycles. The van der Waals surface area contributed by atoms with Gasteiger partial charge in [-0.3, -0.25) is 4.68 Å². The summed E-state index contributed by atoms with van der Waals surface area (Å²) in [6, 6.07) is 12.4. The van der Waals surface area contributed by atoms with E-state index in [1.54, 1.807) is 0 Å². The molecule has 1 saturated heterocycles. The number of nitrogen functional groups attached to an aromatic ring is 1. The highest BCUT2D eigenvalue weighted by molar-refractivity contribution is 5.43. The minimum Gasteiger partial charge on any atom is -0.368 e. The van der Waals surface area contributed by atoms with E-state index in [2.05, 4.69) is 55.6 Å². The summed E-state index contributed by atoms with van der Waals surface area (Å²) in [6.45, 7) is 4.78. The predicted octanol–water partition coefficient (Wildman–Crippen LogP) is 2.47. The van der Waals surface area contributed by atoms with Gasteiger partial charge < -0.3 is 10.6 Å². The Morgan fingerprint density at radius 1 is 1.19 bits per heavy atom. The Kier molecular flexibility index (Phi) is 5.00. The molecular formula is C20H25N7. The summed E-state index contributed by atoms with van der Waals surface area (Å²) in [5.74, 6) is 1.78. The molecule has 4 rings (SSSR count). The first kappa shape index (κ1) is 17.5. The molecule has 7 nitrogen and oxygen atoms in total. The number of hydrogen-bond acceptors (Lipinski definition) is 6. The monoisotopic (exact) mass is 363 g/mol. The van der Waals surface area contributed by atoms with Gasteiger partial charge in [-0.05, 0) is 31.2 Å². The van der Waals surface area contributed by atoms with Crippen LogP contribution >= 0.6 is 0 Å². The molecule has 1 aliphatic heterocycles. The molecule has 0 saturated carbocycles. The Balaban J connectivity index is 1.39. The Morgan fingerprint density at radius 2 is 2.04 bits per heavy atom. The van der Waals surface area contributed by atoms with Crippen LogP contribution < -0.4 is 10.6 Å². The highest BCUT2D eigenvalue weighted by atomic mass is 15.4. The molecule has 1 fully saturated rings. The number of benzene rings is 1. The van der Waals surface area contributed by atoms with Gasteiger partial charge in [0.2, 0.25) is 5.95 Å². The van der Waals surface area contributed by atoms with Crippen molar-refractivity contribution in [1.29, 1.82) is 0 Å². The summed E-state index contributed by atoms with van der Waals surface area (Å²) in [5, 5.41) is 8.67. The summed E-state index contributed by atoms with van der Waals surface area (Å²) in [5.41, 5.74) is 8.99. The largest absolute Gasteiger partial charge is 0.368 e. The lowest BCUT2D eigenvalue weighted by Crippen LogP contribution is -2.37. The smallest absolute Gasteiger partial charge is 0.222 e. The zero-order valence-corrected chi connectivity index (χ0v) is 15.6. The maximum absolute atomic E-state index is 5.82. The van der Waals surface area contributed by atoms with Crippen LogP contribution in [-0.2, 0) is 13.0 Å². The highest BCUT2D eigenvalue weighted by Gasteiger charge is 2.22. The maximum Gasteiger partial charge on any atom is 0.222 e. The molecule has 3 aromatic rings. The van der Waals surface area contributed by atoms with Gasteiger partial charge in [0.05, 0.1) is 5.69 Å². The topological polar surface area (TPSA) is 85.8 Å². The van der Waals surface area contributed by atoms with E-state index < -0.39 is 0 Å². The van der Waals surface area contributed by atoms with Gasteiger partial charge in [0.25, 0.3) is 0 Å². The number of piperidine rings is 1. The van der Waals surface area contributed by atoms with Crippen molar-refractivity contribution in [3.05, 3.63) is 59.5 Å². The van der Waals surface area contributed by atoms with Gasteiger partial charge in [-0.2, -0.15) is 4.98 Å². The average molecular weight is 363 g/mol. The molecule has 7 heteroatoms. The maximum atomic E-state index is 5.82. The summed E-state index contributed by atoms with van der Waals surface area (Å²) in [4.78, 5) is 10.9. The van der Waals surface area contributed by atoms with E-state index in [1.165, 1.54) is 12.0 Å². The molecule has 3 heterocycles. The van der Waals surface area contributed by atoms with Crippen molar-refractivity contribution in [3.63, 3.8) is 0 Å². The number of hydrogen-bond donors (Lipinski definition) is 1. The first-order valence-corrected chi connectivity index (χ1v) is 9.45. The van der Waals surface area contributed by atoms with Gasteiger partial charge in [-0.15, -0.1) is 5.10 Å². The summed E-state index contributed by atoms with van der Waals surface area (Å²) >= 11 is 0. The second-order valence-electron chi connectivity index (χ2n) is 7.27. The van der Waals surface area contributed by atoms with E-state index in [0.29, 0.717) is 11.9 Å². The van der Waals surface area contributed by atoms with Gasteiger partial charge in [0, 0.05) is 44.0 Å². The van der Waals surface area contributed by atoms with Crippen molar-refractivity contribution < 1.29 is 0 Å². The van der Waals surface area contributed by atoms with E-state index in [1.807, 2.05) is 23.7 Å². The zero-order chi connectivity index (χ0) is 18.6. The molecule has 0 radical (unpaired) electrons. The Labute approximate surface area is 159 Å². The van der Waals surface area contributed by atoms with Gasteiger partial charge in [0.1, 0.15) is 5.82 Å². The van der Waals surface area contributed by atoms with Crippen LogP contribution in [-0.4, -0.2) is 38.1 Å². The normalized spacial score (nSPS) is 17.2. The predicted molar refractivity (Wildman–Crippen MR) is 105 cm³/mol. The van der Waals surface area contributed by atoms with Crippen LogP contribution in [0.4, 0.5) is 11.8 Å². The van der Waals surface area contributed by atoms with Gasteiger partial charge in [-0.1, -0.05) is 35.5 Å². The molecule has 0 amide bonds. The fourth-order valence-electron chi connectivity index (χ4n) is 3.74. The molecule has 0 unspecified atom stereocenters. The Morgan fingerprint density at radius 3 is 2.85 bits per heavy atom. The van der Waals surface area contributed by atoms with Crippen LogP contribution in [0.3, 0.4) is 0 Å². The van der Waals surface area contributed by atoms with E-state index >= 15 is 0 Å². The fraction of sp³-hybridized carbons (Fsp3) is 0.400. The van der Waals surface area contributed by atoms with Crippen molar-refractivity contribution in [3.8, 4) is 0 Å². The lowest BCUT2D eigenvalue weighted by atomic mass is 9.98. The third-order valence-corrected chi connectivity index (χ3v) is 4.96. The molecule has 0 spiro atoms. The quantitative estimate of drug-likeness (QED) is 0.749. The third-order valence-electron chi connectivity index (χ3n) is 4.96. The molecule has 0 aliphatic carbocycles. The number of nitrogens with two attached hydrogens (primary N) is 1. The lowest BCUT2D eigenvalue weighted by molar-refractivity contribution is 0.347. The molecule has 27 heavy (non-hydrogen) atoms. The van der Waals surface area contributed by atoms with E-state index in [9.17, 15) is 0 Å².